The summed E-state index contributed by atoms with van der Waals surface area (Å²) in [4.78, 5) is 0. The third kappa shape index (κ3) is 2.18. The first-order chi connectivity index (χ1) is 7.66. The van der Waals surface area contributed by atoms with Gasteiger partial charge < -0.3 is 10.4 Å². The van der Waals surface area contributed by atoms with Crippen LogP contribution in [0.4, 0.5) is 5.69 Å². The Labute approximate surface area is 102 Å². The van der Waals surface area contributed by atoms with Crippen LogP contribution in [0, 0.1) is 5.92 Å². The van der Waals surface area contributed by atoms with Crippen molar-refractivity contribution in [3.05, 3.63) is 29.3 Å². The highest BCUT2D eigenvalue weighted by Gasteiger charge is 2.39. The molecule has 1 aromatic carbocycles. The Morgan fingerprint density at radius 3 is 2.94 bits per heavy atom. The van der Waals surface area contributed by atoms with Crippen molar-refractivity contribution in [2.75, 3.05) is 11.9 Å². The zero-order valence-corrected chi connectivity index (χ0v) is 10.3. The Kier molecular flexibility index (Phi) is 3.41. The zero-order chi connectivity index (χ0) is 11.6. The van der Waals surface area contributed by atoms with Gasteiger partial charge in [-0.3, -0.25) is 0 Å². The fourth-order valence-corrected chi connectivity index (χ4v) is 2.75. The third-order valence-corrected chi connectivity index (χ3v) is 3.94. The molecule has 1 fully saturated rings. The molecule has 0 spiro atoms. The summed E-state index contributed by atoms with van der Waals surface area (Å²) in [6, 6.07) is 7.68. The van der Waals surface area contributed by atoms with Crippen LogP contribution in [0.5, 0.6) is 0 Å². The average molecular weight is 240 g/mol. The maximum Gasteiger partial charge on any atom is 0.0664 e. The highest BCUT2D eigenvalue weighted by molar-refractivity contribution is 6.30. The lowest BCUT2D eigenvalue weighted by atomic mass is 9.89. The highest BCUT2D eigenvalue weighted by Crippen LogP contribution is 2.38. The molecule has 0 saturated heterocycles. The van der Waals surface area contributed by atoms with Crippen molar-refractivity contribution in [3.63, 3.8) is 0 Å². The van der Waals surface area contributed by atoms with Crippen molar-refractivity contribution in [2.24, 2.45) is 5.92 Å². The molecule has 16 heavy (non-hydrogen) atoms. The first-order valence-corrected chi connectivity index (χ1v) is 6.19. The number of halogens is 1. The summed E-state index contributed by atoms with van der Waals surface area (Å²) in [5, 5.41) is 13.8. The van der Waals surface area contributed by atoms with Gasteiger partial charge in [0.2, 0.25) is 0 Å². The van der Waals surface area contributed by atoms with Gasteiger partial charge in [0.05, 0.1) is 12.1 Å². The minimum atomic E-state index is -0.162. The second-order valence-electron chi connectivity index (χ2n) is 4.74. The monoisotopic (exact) mass is 239 g/mol. The molecule has 0 aromatic heterocycles. The van der Waals surface area contributed by atoms with E-state index in [1.165, 1.54) is 12.8 Å². The number of aliphatic hydroxyl groups is 1. The molecule has 2 rings (SSSR count). The van der Waals surface area contributed by atoms with E-state index in [1.807, 2.05) is 24.3 Å². The number of rotatable bonds is 3. The molecule has 88 valence electrons. The standard InChI is InChI=1S/C13H18ClNO/c1-10-4-3-7-13(10,9-16)15-12-6-2-5-11(14)8-12/h2,5-6,8,10,15-16H,3-4,7,9H2,1H3. The van der Waals surface area contributed by atoms with Gasteiger partial charge in [0.15, 0.2) is 0 Å². The fraction of sp³-hybridized carbons (Fsp3) is 0.538. The van der Waals surface area contributed by atoms with Gasteiger partial charge in [-0.1, -0.05) is 31.0 Å². The Morgan fingerprint density at radius 1 is 1.56 bits per heavy atom. The molecule has 1 aliphatic carbocycles. The first kappa shape index (κ1) is 11.7. The van der Waals surface area contributed by atoms with Crippen LogP contribution in [0.3, 0.4) is 0 Å². The largest absolute Gasteiger partial charge is 0.394 e. The average Bonchev–Trinajstić information content (AvgIpc) is 2.61. The lowest BCUT2D eigenvalue weighted by Gasteiger charge is -2.34. The number of aliphatic hydroxyl groups excluding tert-OH is 1. The molecular formula is C13H18ClNO. The van der Waals surface area contributed by atoms with Crippen molar-refractivity contribution < 1.29 is 5.11 Å². The van der Waals surface area contributed by atoms with E-state index in [-0.39, 0.29) is 12.1 Å². The molecule has 2 unspecified atom stereocenters. The predicted molar refractivity (Wildman–Crippen MR) is 67.9 cm³/mol. The molecule has 2 nitrogen and oxygen atoms in total. The van der Waals surface area contributed by atoms with Crippen LogP contribution in [0.2, 0.25) is 5.02 Å². The van der Waals surface area contributed by atoms with E-state index in [9.17, 15) is 5.11 Å². The Morgan fingerprint density at radius 2 is 2.38 bits per heavy atom. The van der Waals surface area contributed by atoms with Crippen molar-refractivity contribution in [2.45, 2.75) is 31.7 Å². The smallest absolute Gasteiger partial charge is 0.0664 e. The van der Waals surface area contributed by atoms with Gasteiger partial charge in [-0.25, -0.2) is 0 Å². The number of hydrogen-bond acceptors (Lipinski definition) is 2. The second-order valence-corrected chi connectivity index (χ2v) is 5.18. The second kappa shape index (κ2) is 4.64. The van der Waals surface area contributed by atoms with Gasteiger partial charge in [0.25, 0.3) is 0 Å². The van der Waals surface area contributed by atoms with E-state index in [0.717, 1.165) is 17.1 Å². The molecule has 2 atom stereocenters. The Balaban J connectivity index is 2.18. The SMILES string of the molecule is CC1CCCC1(CO)Nc1cccc(Cl)c1. The van der Waals surface area contributed by atoms with E-state index in [2.05, 4.69) is 12.2 Å². The van der Waals surface area contributed by atoms with Crippen LogP contribution < -0.4 is 5.32 Å². The lowest BCUT2D eigenvalue weighted by molar-refractivity contribution is 0.184. The third-order valence-electron chi connectivity index (χ3n) is 3.70. The molecule has 0 amide bonds. The van der Waals surface area contributed by atoms with Crippen LogP contribution >= 0.6 is 11.6 Å². The van der Waals surface area contributed by atoms with Gasteiger partial charge >= 0.3 is 0 Å². The van der Waals surface area contributed by atoms with Gasteiger partial charge in [-0.2, -0.15) is 0 Å². The molecule has 0 bridgehead atoms. The Bertz CT molecular complexity index is 369. The molecule has 0 heterocycles. The maximum atomic E-state index is 9.62. The number of benzene rings is 1. The molecule has 3 heteroatoms. The van der Waals surface area contributed by atoms with Gasteiger partial charge in [-0.05, 0) is 37.0 Å². The first-order valence-electron chi connectivity index (χ1n) is 5.81. The van der Waals surface area contributed by atoms with Crippen LogP contribution in [-0.4, -0.2) is 17.3 Å². The molecule has 1 saturated carbocycles. The molecular weight excluding hydrogens is 222 g/mol. The van der Waals surface area contributed by atoms with Gasteiger partial charge in [0, 0.05) is 10.7 Å². The Hall–Kier alpha value is -0.730. The predicted octanol–water partition coefficient (Wildman–Crippen LogP) is 3.30. The summed E-state index contributed by atoms with van der Waals surface area (Å²) in [6.07, 6.45) is 3.38. The number of anilines is 1. The van der Waals surface area contributed by atoms with Crippen LogP contribution in [0.1, 0.15) is 26.2 Å². The summed E-state index contributed by atoms with van der Waals surface area (Å²) in [5.74, 6) is 0.497. The number of hydrogen-bond donors (Lipinski definition) is 2. The summed E-state index contributed by atoms with van der Waals surface area (Å²) in [7, 11) is 0. The zero-order valence-electron chi connectivity index (χ0n) is 9.54. The normalized spacial score (nSPS) is 29.3. The summed E-state index contributed by atoms with van der Waals surface area (Å²) in [5.41, 5.74) is 0.834. The molecule has 2 N–H and O–H groups in total. The van der Waals surface area contributed by atoms with Crippen molar-refractivity contribution >= 4 is 17.3 Å². The van der Waals surface area contributed by atoms with Crippen molar-refractivity contribution in [1.82, 2.24) is 0 Å². The van der Waals surface area contributed by atoms with E-state index >= 15 is 0 Å². The number of nitrogens with one attached hydrogen (secondary N) is 1. The van der Waals surface area contributed by atoms with Crippen LogP contribution in [-0.2, 0) is 0 Å². The minimum absolute atomic E-state index is 0.162. The summed E-state index contributed by atoms with van der Waals surface area (Å²) < 4.78 is 0. The van der Waals surface area contributed by atoms with Crippen molar-refractivity contribution in [1.29, 1.82) is 0 Å². The van der Waals surface area contributed by atoms with E-state index < -0.39 is 0 Å². The summed E-state index contributed by atoms with van der Waals surface area (Å²) >= 11 is 5.95. The van der Waals surface area contributed by atoms with E-state index in [1.54, 1.807) is 0 Å². The molecule has 1 aromatic rings. The van der Waals surface area contributed by atoms with E-state index in [0.29, 0.717) is 5.92 Å². The molecule has 1 aliphatic rings. The molecule has 0 aliphatic heterocycles. The lowest BCUT2D eigenvalue weighted by Crippen LogP contribution is -2.44. The topological polar surface area (TPSA) is 32.3 Å². The van der Waals surface area contributed by atoms with Gasteiger partial charge in [-0.15, -0.1) is 0 Å². The van der Waals surface area contributed by atoms with Crippen LogP contribution in [0.25, 0.3) is 0 Å². The highest BCUT2D eigenvalue weighted by atomic mass is 35.5. The van der Waals surface area contributed by atoms with Crippen molar-refractivity contribution in [3.8, 4) is 0 Å². The van der Waals surface area contributed by atoms with E-state index in [4.69, 9.17) is 11.6 Å². The van der Waals surface area contributed by atoms with Gasteiger partial charge in [0.1, 0.15) is 0 Å². The van der Waals surface area contributed by atoms with Crippen LogP contribution in [0.15, 0.2) is 24.3 Å². The quantitative estimate of drug-likeness (QED) is 0.848. The molecule has 0 radical (unpaired) electrons. The summed E-state index contributed by atoms with van der Waals surface area (Å²) in [6.45, 7) is 2.38. The maximum absolute atomic E-state index is 9.62. The fourth-order valence-electron chi connectivity index (χ4n) is 2.56. The minimum Gasteiger partial charge on any atom is -0.394 e.